The van der Waals surface area contributed by atoms with Gasteiger partial charge < -0.3 is 47.9 Å². The van der Waals surface area contributed by atoms with E-state index in [4.69, 9.17) is 0 Å². The summed E-state index contributed by atoms with van der Waals surface area (Å²) in [5.41, 5.74) is -2.93. The Morgan fingerprint density at radius 2 is 0.736 bits per heavy atom. The molecule has 0 fully saturated rings. The molecule has 0 bridgehead atoms. The van der Waals surface area contributed by atoms with Crippen LogP contribution in [0.4, 0.5) is 0 Å². The first kappa shape index (κ1) is 95.1. The molecule has 9 amide bonds. The van der Waals surface area contributed by atoms with Crippen molar-refractivity contribution in [2.75, 3.05) is 0 Å². The second kappa shape index (κ2) is 44.9. The predicted octanol–water partition coefficient (Wildman–Crippen LogP) is 4.27. The molecule has 7 unspecified atom stereocenters. The van der Waals surface area contributed by atoms with Crippen LogP contribution in [0.5, 0.6) is 0 Å². The number of hydrogen-bond donors (Lipinski definition) is 9. The molecule has 0 aromatic rings. The van der Waals surface area contributed by atoms with Crippen LogP contribution in [0.15, 0.2) is 24.8 Å². The normalized spacial score (nSPS) is 22.0. The fourth-order valence-electron chi connectivity index (χ4n) is 11.2. The van der Waals surface area contributed by atoms with Gasteiger partial charge in [-0.25, -0.2) is 0 Å². The fraction of sp³-hybridized carbons (Fsp3) is 0.688. The Hall–Kier alpha value is -8.92. The summed E-state index contributed by atoms with van der Waals surface area (Å²) in [6, 6.07) is -9.72. The van der Waals surface area contributed by atoms with E-state index in [0.717, 1.165) is 6.08 Å². The lowest BCUT2D eigenvalue weighted by Gasteiger charge is -2.31. The van der Waals surface area contributed by atoms with Gasteiger partial charge in [-0.15, -0.1) is 0 Å². The summed E-state index contributed by atoms with van der Waals surface area (Å²) in [5, 5.41) is 23.3. The van der Waals surface area contributed by atoms with Crippen LogP contribution in [0.2, 0.25) is 0 Å². The second-order valence-corrected chi connectivity index (χ2v) is 30.2. The average molecular weight is 1490 g/mol. The van der Waals surface area contributed by atoms with Gasteiger partial charge in [-0.3, -0.25) is 95.9 Å². The van der Waals surface area contributed by atoms with Gasteiger partial charge in [-0.1, -0.05) is 81.0 Å². The molecule has 0 saturated heterocycles. The van der Waals surface area contributed by atoms with Gasteiger partial charge in [0.2, 0.25) is 53.2 Å². The SMILES string of the molecule is C=CC(=O)CC(C)C(=O)N[C@@H](C)C(=O)CC(C)C(=O)N[C@@H](C)C(=O)CC(C)C(=O)N[C@@H](C)C(=O)C[C@@]1(C)CCC/C=C\CC[C@@](C)(C(=O)N[C@@H](C)C(=O)CC(C)C(=O)N[C@@H](C)C(=O)CC(C)C(=O)N[C@@H](C)C(=O)CC(C)C(=O)N[C@@H](C)C(=O)CC(C)C(C)=O)CC(=O)[C@H](C)NC(=O)CCC(=O)[C@H](C)NC1=O. The van der Waals surface area contributed by atoms with Crippen molar-refractivity contribution in [1.29, 1.82) is 0 Å². The molecule has 1 aliphatic rings. The van der Waals surface area contributed by atoms with E-state index >= 15 is 0 Å². The maximum atomic E-state index is 14.3. The number of amides is 9. The van der Waals surface area contributed by atoms with Crippen LogP contribution in [0, 0.1) is 52.3 Å². The molecule has 29 heteroatoms. The lowest BCUT2D eigenvalue weighted by molar-refractivity contribution is -0.139. The Kier molecular flexibility index (Phi) is 40.3. The Balaban J connectivity index is 3.07. The van der Waals surface area contributed by atoms with Gasteiger partial charge in [-0.2, -0.15) is 0 Å². The summed E-state index contributed by atoms with van der Waals surface area (Å²) >= 11 is 0. The summed E-state index contributed by atoms with van der Waals surface area (Å²) in [4.78, 5) is 263. The van der Waals surface area contributed by atoms with Gasteiger partial charge in [0.1, 0.15) is 5.78 Å². The van der Waals surface area contributed by atoms with Crippen LogP contribution in [-0.4, -0.2) is 171 Å². The van der Waals surface area contributed by atoms with Crippen molar-refractivity contribution in [2.45, 2.75) is 289 Å². The zero-order valence-corrected chi connectivity index (χ0v) is 65.7. The van der Waals surface area contributed by atoms with Gasteiger partial charge >= 0.3 is 0 Å². The molecule has 29 nitrogen and oxygen atoms in total. The number of carbonyl (C=O) groups excluding carboxylic acids is 20. The van der Waals surface area contributed by atoms with Crippen LogP contribution in [0.25, 0.3) is 0 Å². The highest BCUT2D eigenvalue weighted by molar-refractivity contribution is 6.02. The van der Waals surface area contributed by atoms with Crippen molar-refractivity contribution >= 4 is 117 Å². The first-order chi connectivity index (χ1) is 49.0. The number of carbonyl (C=O) groups is 20. The standard InChI is InChI=1S/C77H119N9O20/c1-21-57(88)31-41(3)68(99)79-49(11)60(91)33-43(5)70(101)82-52(14)63(94)36-45(7)73(104)84-55(17)66(97)39-77(20)30-26-24-22-23-25-29-76(19,38-65(96)54(16)78-67(98)28-27-58(89)47(9)85-74(77)105)75(106)86-53(15)64(95)37-46(8)72(103)83-51(13)62(93)35-44(6)71(102)81-50(12)61(92)34-42(4)69(100)80-48(10)59(90)32-40(2)56(18)87/h21-23,40-55H,1,24-39H2,2-20H3,(H,78,98)(H,79,99)(H,80,100)(H,81,102)(H,82,101)(H,83,103)(H,84,104)(H,85,105)(H,86,106)/b23-22-/t40?,41?,42?,43?,44?,45?,46?,47-,48-,49-,50-,51-,52-,53-,54-,55-,76+,77+/m0/s1. The second-order valence-electron chi connectivity index (χ2n) is 30.2. The summed E-state index contributed by atoms with van der Waals surface area (Å²) in [6.45, 7) is 31.1. The zero-order valence-electron chi connectivity index (χ0n) is 65.7. The smallest absolute Gasteiger partial charge is 0.226 e. The van der Waals surface area contributed by atoms with Crippen molar-refractivity contribution in [1.82, 2.24) is 47.9 Å². The fourth-order valence-corrected chi connectivity index (χ4v) is 11.2. The summed E-state index contributed by atoms with van der Waals surface area (Å²) in [6.07, 6.45) is 2.42. The van der Waals surface area contributed by atoms with Crippen molar-refractivity contribution in [3.05, 3.63) is 24.8 Å². The molecular formula is C77H119N9O20. The molecule has 1 aliphatic heterocycles. The van der Waals surface area contributed by atoms with E-state index in [-0.39, 0.29) is 94.4 Å². The van der Waals surface area contributed by atoms with E-state index in [1.165, 1.54) is 118 Å². The number of allylic oxidation sites excluding steroid dienone is 3. The lowest BCUT2D eigenvalue weighted by Crippen LogP contribution is -2.50. The van der Waals surface area contributed by atoms with Crippen molar-refractivity contribution in [3.63, 3.8) is 0 Å². The summed E-state index contributed by atoms with van der Waals surface area (Å²) in [7, 11) is 0. The maximum Gasteiger partial charge on any atom is 0.226 e. The van der Waals surface area contributed by atoms with E-state index in [0.29, 0.717) is 12.8 Å². The molecule has 0 saturated carbocycles. The van der Waals surface area contributed by atoms with Gasteiger partial charge in [0, 0.05) is 112 Å². The molecular weight excluding hydrogens is 1370 g/mol. The van der Waals surface area contributed by atoms with E-state index in [2.05, 4.69) is 54.4 Å². The highest BCUT2D eigenvalue weighted by atomic mass is 16.2. The predicted molar refractivity (Wildman–Crippen MR) is 393 cm³/mol. The first-order valence-corrected chi connectivity index (χ1v) is 36.8. The van der Waals surface area contributed by atoms with Crippen LogP contribution < -0.4 is 47.9 Å². The molecule has 106 heavy (non-hydrogen) atoms. The monoisotopic (exact) mass is 1490 g/mol. The Labute approximate surface area is 623 Å². The summed E-state index contributed by atoms with van der Waals surface area (Å²) in [5.74, 6) is -16.7. The molecule has 592 valence electrons. The topological polar surface area (TPSA) is 450 Å². The molecule has 0 aromatic carbocycles. The number of Topliss-reactive ketones (excluding diaryl/α,β-unsaturated/α-hetero) is 10. The quantitative estimate of drug-likeness (QED) is 0.0306. The van der Waals surface area contributed by atoms with Gasteiger partial charge in [0.15, 0.2) is 57.8 Å². The largest absolute Gasteiger partial charge is 0.347 e. The first-order valence-electron chi connectivity index (χ1n) is 36.8. The lowest BCUT2D eigenvalue weighted by atomic mass is 9.77. The van der Waals surface area contributed by atoms with Crippen molar-refractivity contribution in [2.24, 2.45) is 52.3 Å². The summed E-state index contributed by atoms with van der Waals surface area (Å²) < 4.78 is 0. The molecule has 9 N–H and O–H groups in total. The Morgan fingerprint density at radius 3 is 1.08 bits per heavy atom. The third-order valence-corrected chi connectivity index (χ3v) is 19.7. The molecule has 1 heterocycles. The van der Waals surface area contributed by atoms with Crippen LogP contribution in [-0.2, 0) is 95.9 Å². The minimum absolute atomic E-state index is 0.0538. The van der Waals surface area contributed by atoms with E-state index < -0.39 is 219 Å². The van der Waals surface area contributed by atoms with Gasteiger partial charge in [0.25, 0.3) is 0 Å². The molecule has 0 radical (unpaired) electrons. The van der Waals surface area contributed by atoms with Gasteiger partial charge in [-0.05, 0) is 107 Å². The van der Waals surface area contributed by atoms with E-state index in [1.54, 1.807) is 26.0 Å². The number of hydrogen-bond acceptors (Lipinski definition) is 20. The van der Waals surface area contributed by atoms with Crippen LogP contribution >= 0.6 is 0 Å². The number of nitrogens with one attached hydrogen (secondary N) is 9. The minimum atomic E-state index is -1.48. The van der Waals surface area contributed by atoms with E-state index in [9.17, 15) is 95.9 Å². The average Bonchev–Trinajstić information content (AvgIpc) is 0.834. The third kappa shape index (κ3) is 32.8. The molecule has 1 rings (SSSR count). The molecule has 0 spiro atoms. The Morgan fingerprint density at radius 1 is 0.425 bits per heavy atom. The van der Waals surface area contributed by atoms with Crippen LogP contribution in [0.1, 0.15) is 234 Å². The minimum Gasteiger partial charge on any atom is -0.347 e. The highest BCUT2D eigenvalue weighted by Gasteiger charge is 2.41. The van der Waals surface area contributed by atoms with Crippen LogP contribution in [0.3, 0.4) is 0 Å². The number of rotatable bonds is 39. The van der Waals surface area contributed by atoms with E-state index in [1.807, 2.05) is 0 Å². The molecule has 0 aliphatic carbocycles. The highest BCUT2D eigenvalue weighted by Crippen LogP contribution is 2.33. The Bertz CT molecular complexity index is 3320. The van der Waals surface area contributed by atoms with Crippen molar-refractivity contribution in [3.8, 4) is 0 Å². The molecule has 0 aromatic heterocycles. The third-order valence-electron chi connectivity index (χ3n) is 19.7. The maximum absolute atomic E-state index is 14.3. The molecule has 18 atom stereocenters. The zero-order chi connectivity index (χ0) is 81.6. The van der Waals surface area contributed by atoms with Crippen molar-refractivity contribution < 1.29 is 95.9 Å². The van der Waals surface area contributed by atoms with Gasteiger partial charge in [0.05, 0.1) is 65.2 Å². The number of ketones is 11.